The molecule has 1 heterocycles. The van der Waals surface area contributed by atoms with Crippen molar-refractivity contribution in [2.75, 3.05) is 47.1 Å². The number of ether oxygens (including phenoxy) is 3. The lowest BCUT2D eigenvalue weighted by Gasteiger charge is -2.36. The molecule has 0 saturated carbocycles. The number of aliphatic imine (C=N–C) groups is 1. The Bertz CT molecular complexity index is 479. The summed E-state index contributed by atoms with van der Waals surface area (Å²) in [4.78, 5) is 4.23. The Morgan fingerprint density at radius 1 is 1.21 bits per heavy atom. The molecule has 0 unspecified atom stereocenters. The number of nitrogens with one attached hydrogen (secondary N) is 2. The fourth-order valence-corrected chi connectivity index (χ4v) is 2.52. The first-order chi connectivity index (χ1) is 11.3. The minimum Gasteiger partial charge on any atom is -0.492 e. The van der Waals surface area contributed by atoms with Gasteiger partial charge in [-0.1, -0.05) is 18.2 Å². The van der Waals surface area contributed by atoms with Crippen LogP contribution >= 0.6 is 24.0 Å². The summed E-state index contributed by atoms with van der Waals surface area (Å²) in [5.74, 6) is 1.63. The van der Waals surface area contributed by atoms with Crippen molar-refractivity contribution in [2.24, 2.45) is 4.99 Å². The Morgan fingerprint density at radius 3 is 2.54 bits per heavy atom. The van der Waals surface area contributed by atoms with Crippen molar-refractivity contribution in [3.05, 3.63) is 30.3 Å². The van der Waals surface area contributed by atoms with E-state index in [0.717, 1.165) is 37.8 Å². The van der Waals surface area contributed by atoms with Crippen molar-refractivity contribution < 1.29 is 14.2 Å². The molecule has 0 amide bonds. The first-order valence-electron chi connectivity index (χ1n) is 8.03. The number of para-hydroxylation sites is 1. The van der Waals surface area contributed by atoms with Crippen molar-refractivity contribution in [2.45, 2.75) is 18.4 Å². The largest absolute Gasteiger partial charge is 0.492 e. The topological polar surface area (TPSA) is 64.1 Å². The zero-order valence-corrected chi connectivity index (χ0v) is 16.7. The predicted octanol–water partition coefficient (Wildman–Crippen LogP) is 2.04. The van der Waals surface area contributed by atoms with Gasteiger partial charge < -0.3 is 24.8 Å². The van der Waals surface area contributed by atoms with Crippen LogP contribution in [0.25, 0.3) is 0 Å². The highest BCUT2D eigenvalue weighted by Crippen LogP contribution is 2.23. The molecule has 24 heavy (non-hydrogen) atoms. The number of halogens is 1. The lowest BCUT2D eigenvalue weighted by Crippen LogP contribution is -2.51. The molecular weight excluding hydrogens is 421 g/mol. The number of methoxy groups -OCH3 is 1. The van der Waals surface area contributed by atoms with Crippen LogP contribution in [0.15, 0.2) is 35.3 Å². The van der Waals surface area contributed by atoms with Crippen LogP contribution < -0.4 is 15.4 Å². The van der Waals surface area contributed by atoms with Gasteiger partial charge in [-0.3, -0.25) is 4.99 Å². The molecule has 0 aromatic heterocycles. The second-order valence-electron chi connectivity index (χ2n) is 5.51. The summed E-state index contributed by atoms with van der Waals surface area (Å²) in [5, 5.41) is 6.58. The molecule has 1 saturated heterocycles. The monoisotopic (exact) mass is 449 g/mol. The molecule has 136 valence electrons. The van der Waals surface area contributed by atoms with Gasteiger partial charge in [0.15, 0.2) is 5.96 Å². The Labute approximate surface area is 161 Å². The molecule has 1 aromatic rings. The molecule has 0 aliphatic carbocycles. The molecule has 1 aliphatic rings. The van der Waals surface area contributed by atoms with E-state index in [4.69, 9.17) is 14.2 Å². The van der Waals surface area contributed by atoms with E-state index in [1.165, 1.54) is 0 Å². The van der Waals surface area contributed by atoms with Crippen LogP contribution in [0.2, 0.25) is 0 Å². The van der Waals surface area contributed by atoms with Gasteiger partial charge in [-0.25, -0.2) is 0 Å². The van der Waals surface area contributed by atoms with E-state index < -0.39 is 0 Å². The van der Waals surface area contributed by atoms with Crippen LogP contribution in [-0.2, 0) is 9.47 Å². The molecule has 2 N–H and O–H groups in total. The highest BCUT2D eigenvalue weighted by atomic mass is 127. The first-order valence-corrected chi connectivity index (χ1v) is 8.03. The van der Waals surface area contributed by atoms with E-state index >= 15 is 0 Å². The second kappa shape index (κ2) is 11.5. The van der Waals surface area contributed by atoms with Gasteiger partial charge in [0.1, 0.15) is 12.4 Å². The summed E-state index contributed by atoms with van der Waals surface area (Å²) in [6.07, 6.45) is 1.79. The maximum Gasteiger partial charge on any atom is 0.191 e. The van der Waals surface area contributed by atoms with Crippen molar-refractivity contribution in [3.63, 3.8) is 0 Å². The summed E-state index contributed by atoms with van der Waals surface area (Å²) in [6, 6.07) is 9.78. The van der Waals surface area contributed by atoms with Crippen LogP contribution in [0, 0.1) is 0 Å². The van der Waals surface area contributed by atoms with Crippen LogP contribution in [0.4, 0.5) is 0 Å². The first kappa shape index (κ1) is 21.0. The standard InChI is InChI=1S/C17H27N3O3.HI/c1-18-16(19-10-13-23-15-6-4-3-5-7-15)20-14-17(21-2)8-11-22-12-9-17;/h3-7H,8-14H2,1-2H3,(H2,18,19,20);1H. The van der Waals surface area contributed by atoms with Gasteiger partial charge in [0.25, 0.3) is 0 Å². The minimum absolute atomic E-state index is 0. The molecule has 0 atom stereocenters. The molecule has 2 rings (SSSR count). The summed E-state index contributed by atoms with van der Waals surface area (Å²) in [6.45, 7) is 3.46. The van der Waals surface area contributed by atoms with Gasteiger partial charge in [-0.05, 0) is 12.1 Å². The van der Waals surface area contributed by atoms with E-state index in [-0.39, 0.29) is 29.6 Å². The summed E-state index contributed by atoms with van der Waals surface area (Å²) < 4.78 is 16.8. The zero-order chi connectivity index (χ0) is 16.4. The van der Waals surface area contributed by atoms with E-state index in [1.807, 2.05) is 30.3 Å². The number of hydrogen-bond acceptors (Lipinski definition) is 4. The highest BCUT2D eigenvalue weighted by molar-refractivity contribution is 14.0. The van der Waals surface area contributed by atoms with E-state index in [1.54, 1.807) is 14.2 Å². The number of guanidine groups is 1. The molecule has 1 aromatic carbocycles. The third-order valence-corrected chi connectivity index (χ3v) is 4.05. The fourth-order valence-electron chi connectivity index (χ4n) is 2.52. The molecule has 6 nitrogen and oxygen atoms in total. The van der Waals surface area contributed by atoms with E-state index in [0.29, 0.717) is 19.7 Å². The molecule has 0 spiro atoms. The third kappa shape index (κ3) is 6.82. The molecule has 0 radical (unpaired) electrons. The number of rotatable bonds is 7. The fraction of sp³-hybridized carbons (Fsp3) is 0.588. The molecule has 7 heteroatoms. The average Bonchev–Trinajstić information content (AvgIpc) is 2.63. The normalized spacial score (nSPS) is 16.8. The Morgan fingerprint density at radius 2 is 1.92 bits per heavy atom. The Kier molecular flexibility index (Phi) is 10.0. The van der Waals surface area contributed by atoms with Gasteiger partial charge in [0, 0.05) is 46.8 Å². The van der Waals surface area contributed by atoms with Gasteiger partial charge in [0.05, 0.1) is 12.1 Å². The molecule has 1 fully saturated rings. The van der Waals surface area contributed by atoms with Gasteiger partial charge >= 0.3 is 0 Å². The van der Waals surface area contributed by atoms with Gasteiger partial charge in [-0.2, -0.15) is 0 Å². The van der Waals surface area contributed by atoms with Crippen molar-refractivity contribution >= 4 is 29.9 Å². The number of hydrogen-bond donors (Lipinski definition) is 2. The van der Waals surface area contributed by atoms with E-state index in [2.05, 4.69) is 15.6 Å². The van der Waals surface area contributed by atoms with Gasteiger partial charge in [0.2, 0.25) is 0 Å². The Hall–Kier alpha value is -1.06. The van der Waals surface area contributed by atoms with Crippen molar-refractivity contribution in [1.82, 2.24) is 10.6 Å². The van der Waals surface area contributed by atoms with Gasteiger partial charge in [-0.15, -0.1) is 24.0 Å². The molecule has 0 bridgehead atoms. The summed E-state index contributed by atoms with van der Waals surface area (Å²) in [7, 11) is 3.52. The smallest absolute Gasteiger partial charge is 0.191 e. The quantitative estimate of drug-likeness (QED) is 0.289. The maximum atomic E-state index is 5.71. The lowest BCUT2D eigenvalue weighted by molar-refractivity contribution is -0.0855. The molecular formula is C17H28IN3O3. The van der Waals surface area contributed by atoms with Crippen molar-refractivity contribution in [3.8, 4) is 5.75 Å². The van der Waals surface area contributed by atoms with Crippen LogP contribution in [0.1, 0.15) is 12.8 Å². The zero-order valence-electron chi connectivity index (χ0n) is 14.4. The van der Waals surface area contributed by atoms with Crippen LogP contribution in [-0.4, -0.2) is 58.6 Å². The Balaban J connectivity index is 0.00000288. The SMILES string of the molecule is CN=C(NCCOc1ccccc1)NCC1(OC)CCOCC1.I. The summed E-state index contributed by atoms with van der Waals surface area (Å²) >= 11 is 0. The maximum absolute atomic E-state index is 5.71. The second-order valence-corrected chi connectivity index (χ2v) is 5.51. The number of benzene rings is 1. The van der Waals surface area contributed by atoms with Crippen LogP contribution in [0.5, 0.6) is 5.75 Å². The third-order valence-electron chi connectivity index (χ3n) is 4.05. The van der Waals surface area contributed by atoms with Crippen molar-refractivity contribution in [1.29, 1.82) is 0 Å². The minimum atomic E-state index is -0.170. The summed E-state index contributed by atoms with van der Waals surface area (Å²) in [5.41, 5.74) is -0.170. The van der Waals surface area contributed by atoms with Crippen LogP contribution in [0.3, 0.4) is 0 Å². The predicted molar refractivity (Wildman–Crippen MR) is 107 cm³/mol. The number of nitrogens with zero attached hydrogens (tertiary/aromatic N) is 1. The lowest BCUT2D eigenvalue weighted by atomic mass is 9.94. The highest BCUT2D eigenvalue weighted by Gasteiger charge is 2.32. The molecule has 1 aliphatic heterocycles. The average molecular weight is 449 g/mol. The van der Waals surface area contributed by atoms with E-state index in [9.17, 15) is 0 Å².